The lowest BCUT2D eigenvalue weighted by Gasteiger charge is -2.18. The number of hydrogen-bond acceptors (Lipinski definition) is 0. The van der Waals surface area contributed by atoms with Crippen LogP contribution in [0.15, 0.2) is 0 Å². The van der Waals surface area contributed by atoms with E-state index in [0.717, 1.165) is 5.92 Å². The highest BCUT2D eigenvalue weighted by atomic mass is 127. The van der Waals surface area contributed by atoms with Crippen molar-refractivity contribution >= 4 is 66.0 Å². The van der Waals surface area contributed by atoms with E-state index in [1.54, 1.807) is 0 Å². The van der Waals surface area contributed by atoms with Crippen molar-refractivity contribution in [3.8, 4) is 0 Å². The average Bonchev–Trinajstić information content (AvgIpc) is 1.95. The normalized spacial score (nSPS) is 14.8. The second-order valence-corrected chi connectivity index (χ2v) is 40.0. The van der Waals surface area contributed by atoms with E-state index in [1.165, 1.54) is 31.7 Å². The van der Waals surface area contributed by atoms with Crippen LogP contribution in [0.2, 0.25) is 6.04 Å². The van der Waals surface area contributed by atoms with Crippen molar-refractivity contribution in [1.29, 1.82) is 0 Å². The molecular weight excluding hydrogens is 505 g/mol. The molecule has 0 radical (unpaired) electrons. The van der Waals surface area contributed by atoms with E-state index in [4.69, 9.17) is 0 Å². The molecule has 0 aliphatic rings. The first-order chi connectivity index (χ1) is 5.49. The molecule has 0 aliphatic heterocycles. The molecule has 0 saturated carbocycles. The largest absolute Gasteiger partial charge is 0.254 e. The van der Waals surface area contributed by atoms with E-state index < -0.39 is 0.564 Å². The van der Waals surface area contributed by atoms with Crippen molar-refractivity contribution in [1.82, 2.24) is 0 Å². The molecule has 0 heterocycles. The molecular formula is C8H17I3Si. The van der Waals surface area contributed by atoms with E-state index in [1.807, 2.05) is 0 Å². The Morgan fingerprint density at radius 3 is 2.08 bits per heavy atom. The molecule has 0 amide bonds. The molecule has 0 rings (SSSR count). The molecule has 0 aromatic heterocycles. The van der Waals surface area contributed by atoms with Gasteiger partial charge in [0.25, 0.3) is 0.564 Å². The van der Waals surface area contributed by atoms with Crippen LogP contribution in [0.5, 0.6) is 0 Å². The summed E-state index contributed by atoms with van der Waals surface area (Å²) in [6, 6.07) is 1.49. The van der Waals surface area contributed by atoms with Crippen LogP contribution in [0, 0.1) is 5.92 Å². The summed E-state index contributed by atoms with van der Waals surface area (Å²) in [7, 11) is 0. The van der Waals surface area contributed by atoms with Gasteiger partial charge in [0.05, 0.1) is 0 Å². The van der Waals surface area contributed by atoms with Gasteiger partial charge in [0.15, 0.2) is 0 Å². The zero-order valence-electron chi connectivity index (χ0n) is 7.75. The minimum absolute atomic E-state index is 0.881. The third-order valence-corrected chi connectivity index (χ3v) is 7.07. The molecule has 0 fully saturated rings. The van der Waals surface area contributed by atoms with Gasteiger partial charge in [-0.05, 0) is 12.0 Å². The van der Waals surface area contributed by atoms with Gasteiger partial charge in [-0.25, -0.2) is 0 Å². The second-order valence-electron chi connectivity index (χ2n) is 3.24. The minimum Gasteiger partial charge on any atom is -0.0909 e. The number of unbranched alkanes of at least 4 members (excludes halogenated alkanes) is 1. The molecule has 0 nitrogen and oxygen atoms in total. The highest BCUT2D eigenvalue weighted by molar-refractivity contribution is 14.4. The van der Waals surface area contributed by atoms with Crippen molar-refractivity contribution < 1.29 is 0 Å². The van der Waals surface area contributed by atoms with Gasteiger partial charge in [-0.1, -0.05) is 105 Å². The SMILES string of the molecule is CCCCC(CC)C[Si](I)(I)I. The lowest BCUT2D eigenvalue weighted by Crippen LogP contribution is -2.13. The van der Waals surface area contributed by atoms with Crippen LogP contribution < -0.4 is 0 Å². The Balaban J connectivity index is 3.67. The van der Waals surface area contributed by atoms with Crippen LogP contribution >= 0.6 is 65.4 Å². The number of halogens is 3. The highest BCUT2D eigenvalue weighted by Gasteiger charge is 2.25. The summed E-state index contributed by atoms with van der Waals surface area (Å²) in [4.78, 5) is 0. The van der Waals surface area contributed by atoms with Crippen LogP contribution in [0.25, 0.3) is 0 Å². The maximum atomic E-state index is 2.68. The predicted octanol–water partition coefficient (Wildman–Crippen LogP) is 5.45. The molecule has 74 valence electrons. The van der Waals surface area contributed by atoms with Crippen molar-refractivity contribution in [2.75, 3.05) is 0 Å². The zero-order chi connectivity index (χ0) is 9.61. The summed E-state index contributed by atoms with van der Waals surface area (Å²) in [6.07, 6.45) is 5.61. The smallest absolute Gasteiger partial charge is 0.0909 e. The van der Waals surface area contributed by atoms with Crippen molar-refractivity contribution in [2.24, 2.45) is 5.92 Å². The Kier molecular flexibility index (Phi) is 9.20. The fourth-order valence-electron chi connectivity index (χ4n) is 1.27. The third-order valence-electron chi connectivity index (χ3n) is 2.06. The van der Waals surface area contributed by atoms with Crippen LogP contribution in [0.4, 0.5) is 0 Å². The molecule has 1 atom stereocenters. The Morgan fingerprint density at radius 2 is 1.75 bits per heavy atom. The van der Waals surface area contributed by atoms with E-state index in [-0.39, 0.29) is 0 Å². The molecule has 0 bridgehead atoms. The molecule has 0 spiro atoms. The molecule has 4 heteroatoms. The third kappa shape index (κ3) is 8.98. The first-order valence-corrected chi connectivity index (χ1v) is 16.1. The first kappa shape index (κ1) is 14.4. The minimum atomic E-state index is -0.881. The molecule has 0 saturated heterocycles. The van der Waals surface area contributed by atoms with Gasteiger partial charge in [0.1, 0.15) is 0 Å². The van der Waals surface area contributed by atoms with Gasteiger partial charge in [-0.15, -0.1) is 0 Å². The molecule has 0 aromatic carbocycles. The van der Waals surface area contributed by atoms with Crippen LogP contribution in [-0.4, -0.2) is 0.564 Å². The fraction of sp³-hybridized carbons (Fsp3) is 1.00. The standard InChI is InChI=1S/C8H17I3Si/c1-3-5-6-8(4-2)7-12(9,10)11/h8H,3-7H2,1-2H3. The summed E-state index contributed by atoms with van der Waals surface area (Å²) in [5, 5.41) is 0. The molecule has 0 N–H and O–H groups in total. The quantitative estimate of drug-likeness (QED) is 0.248. The van der Waals surface area contributed by atoms with E-state index in [0.29, 0.717) is 0 Å². The van der Waals surface area contributed by atoms with Crippen LogP contribution in [0.1, 0.15) is 39.5 Å². The first-order valence-electron chi connectivity index (χ1n) is 4.56. The van der Waals surface area contributed by atoms with Crippen LogP contribution in [0.3, 0.4) is 0 Å². The van der Waals surface area contributed by atoms with Gasteiger partial charge >= 0.3 is 0 Å². The van der Waals surface area contributed by atoms with Crippen molar-refractivity contribution in [3.05, 3.63) is 0 Å². The zero-order valence-corrected chi connectivity index (χ0v) is 15.2. The topological polar surface area (TPSA) is 0 Å². The Morgan fingerprint density at radius 1 is 1.17 bits per heavy atom. The summed E-state index contributed by atoms with van der Waals surface area (Å²) in [5.74, 6) is 1.00. The molecule has 12 heavy (non-hydrogen) atoms. The number of rotatable bonds is 6. The maximum absolute atomic E-state index is 2.68. The van der Waals surface area contributed by atoms with Gasteiger partial charge in [0.2, 0.25) is 0 Å². The molecule has 0 aromatic rings. The van der Waals surface area contributed by atoms with E-state index in [2.05, 4.69) is 79.2 Å². The lowest BCUT2D eigenvalue weighted by atomic mass is 10.0. The Hall–Kier alpha value is 2.41. The fourth-order valence-corrected chi connectivity index (χ4v) is 8.02. The maximum Gasteiger partial charge on any atom is 0.254 e. The summed E-state index contributed by atoms with van der Waals surface area (Å²) in [6.45, 7) is 4.62. The van der Waals surface area contributed by atoms with Gasteiger partial charge in [0, 0.05) is 0 Å². The summed E-state index contributed by atoms with van der Waals surface area (Å²) >= 11 is 8.04. The van der Waals surface area contributed by atoms with Crippen molar-refractivity contribution in [3.63, 3.8) is 0 Å². The van der Waals surface area contributed by atoms with Gasteiger partial charge in [-0.2, -0.15) is 0 Å². The van der Waals surface area contributed by atoms with Crippen molar-refractivity contribution in [2.45, 2.75) is 45.6 Å². The highest BCUT2D eigenvalue weighted by Crippen LogP contribution is 2.38. The summed E-state index contributed by atoms with van der Waals surface area (Å²) < 4.78 is -0.881. The second kappa shape index (κ2) is 7.67. The van der Waals surface area contributed by atoms with Crippen LogP contribution in [-0.2, 0) is 0 Å². The Bertz CT molecular complexity index is 111. The van der Waals surface area contributed by atoms with E-state index in [9.17, 15) is 0 Å². The van der Waals surface area contributed by atoms with Gasteiger partial charge < -0.3 is 0 Å². The number of hydrogen-bond donors (Lipinski definition) is 0. The molecule has 0 aliphatic carbocycles. The predicted molar refractivity (Wildman–Crippen MR) is 85.9 cm³/mol. The van der Waals surface area contributed by atoms with E-state index >= 15 is 0 Å². The average molecular weight is 522 g/mol. The lowest BCUT2D eigenvalue weighted by molar-refractivity contribution is 0.491. The molecule has 1 unspecified atom stereocenters. The monoisotopic (exact) mass is 522 g/mol. The summed E-state index contributed by atoms with van der Waals surface area (Å²) in [5.41, 5.74) is 0. The van der Waals surface area contributed by atoms with Gasteiger partial charge in [-0.3, -0.25) is 0 Å². The Labute approximate surface area is 116 Å².